The Morgan fingerprint density at radius 3 is 1.98 bits per heavy atom. The number of aromatic nitrogens is 2. The van der Waals surface area contributed by atoms with Crippen molar-refractivity contribution in [2.45, 2.75) is 37.5 Å². The van der Waals surface area contributed by atoms with Gasteiger partial charge in [0.05, 0.1) is 11.2 Å². The van der Waals surface area contributed by atoms with Crippen LogP contribution in [0.4, 0.5) is 0 Å². The van der Waals surface area contributed by atoms with E-state index in [-0.39, 0.29) is 5.41 Å². The molecule has 7 aromatic rings. The summed E-state index contributed by atoms with van der Waals surface area (Å²) >= 11 is 0. The first-order valence-electron chi connectivity index (χ1n) is 17.2. The molecular weight excluding hydrogens is 556 g/mol. The SMILES string of the molecule is c1ccc2c(-c3nc(-c4ccc5c(c4)-c4ccc6ccccc6c4C54C5CC6CC(C5)CC4C6)nc4ccccc34)cccc2c1. The summed E-state index contributed by atoms with van der Waals surface area (Å²) in [5.74, 6) is 4.12. The van der Waals surface area contributed by atoms with E-state index in [0.717, 1.165) is 57.2 Å². The van der Waals surface area contributed by atoms with Crippen molar-refractivity contribution in [3.8, 4) is 33.8 Å². The third kappa shape index (κ3) is 3.27. The van der Waals surface area contributed by atoms with Gasteiger partial charge in [-0.05, 0) is 112 Å². The van der Waals surface area contributed by atoms with Gasteiger partial charge < -0.3 is 0 Å². The lowest BCUT2D eigenvalue weighted by Gasteiger charge is -2.61. The normalized spacial score (nSPS) is 25.5. The molecule has 0 N–H and O–H groups in total. The van der Waals surface area contributed by atoms with Crippen LogP contribution in [-0.2, 0) is 5.41 Å². The average Bonchev–Trinajstić information content (AvgIpc) is 3.40. The molecule has 1 heterocycles. The van der Waals surface area contributed by atoms with E-state index >= 15 is 0 Å². The van der Waals surface area contributed by atoms with Crippen LogP contribution in [0.15, 0.2) is 121 Å². The van der Waals surface area contributed by atoms with Crippen LogP contribution in [0.3, 0.4) is 0 Å². The Hall–Kier alpha value is -4.82. The molecule has 6 aromatic carbocycles. The highest BCUT2D eigenvalue weighted by molar-refractivity contribution is 6.04. The van der Waals surface area contributed by atoms with Crippen LogP contribution in [0.2, 0.25) is 0 Å². The monoisotopic (exact) mass is 590 g/mol. The van der Waals surface area contributed by atoms with Crippen molar-refractivity contribution in [1.29, 1.82) is 0 Å². The largest absolute Gasteiger partial charge is 0.228 e. The molecule has 0 saturated heterocycles. The maximum absolute atomic E-state index is 5.39. The van der Waals surface area contributed by atoms with Crippen molar-refractivity contribution >= 4 is 32.4 Å². The molecule has 4 fully saturated rings. The number of benzene rings is 6. The zero-order valence-electron chi connectivity index (χ0n) is 25.8. The lowest BCUT2D eigenvalue weighted by molar-refractivity contribution is -0.0393. The average molecular weight is 591 g/mol. The third-order valence-electron chi connectivity index (χ3n) is 12.4. The fourth-order valence-corrected chi connectivity index (χ4v) is 11.0. The van der Waals surface area contributed by atoms with Crippen molar-refractivity contribution < 1.29 is 0 Å². The van der Waals surface area contributed by atoms with Gasteiger partial charge in [-0.2, -0.15) is 0 Å². The minimum Gasteiger partial charge on any atom is -0.228 e. The van der Waals surface area contributed by atoms with Gasteiger partial charge >= 0.3 is 0 Å². The lowest BCUT2D eigenvalue weighted by Crippen LogP contribution is -2.55. The summed E-state index contributed by atoms with van der Waals surface area (Å²) in [6.07, 6.45) is 7.02. The maximum atomic E-state index is 5.39. The highest BCUT2D eigenvalue weighted by Gasteiger charge is 2.62. The van der Waals surface area contributed by atoms with E-state index in [9.17, 15) is 0 Å². The highest BCUT2D eigenvalue weighted by Crippen LogP contribution is 2.70. The third-order valence-corrected chi connectivity index (χ3v) is 12.4. The minimum absolute atomic E-state index is 0.121. The van der Waals surface area contributed by atoms with Crippen molar-refractivity contribution in [2.75, 3.05) is 0 Å². The van der Waals surface area contributed by atoms with Crippen LogP contribution in [0.1, 0.15) is 43.2 Å². The van der Waals surface area contributed by atoms with Crippen LogP contribution in [-0.4, -0.2) is 9.97 Å². The van der Waals surface area contributed by atoms with E-state index < -0.39 is 0 Å². The van der Waals surface area contributed by atoms with E-state index in [1.54, 1.807) is 11.1 Å². The van der Waals surface area contributed by atoms with Crippen LogP contribution in [0.5, 0.6) is 0 Å². The molecule has 0 aliphatic heterocycles. The summed E-state index contributed by atoms with van der Waals surface area (Å²) < 4.78 is 0. The fraction of sp³-hybridized carbons (Fsp3) is 0.227. The van der Waals surface area contributed by atoms with E-state index in [4.69, 9.17) is 9.97 Å². The Morgan fingerprint density at radius 2 is 1.17 bits per heavy atom. The minimum atomic E-state index is 0.121. The highest BCUT2D eigenvalue weighted by atomic mass is 14.9. The first-order chi connectivity index (χ1) is 22.8. The summed E-state index contributed by atoms with van der Waals surface area (Å²) in [6, 6.07) is 44.9. The second-order valence-electron chi connectivity index (χ2n) is 14.6. The van der Waals surface area contributed by atoms with E-state index in [1.165, 1.54) is 64.8 Å². The summed E-state index contributed by atoms with van der Waals surface area (Å²) in [6.45, 7) is 0. The molecule has 0 radical (unpaired) electrons. The van der Waals surface area contributed by atoms with Crippen molar-refractivity contribution in [2.24, 2.45) is 23.7 Å². The Morgan fingerprint density at radius 1 is 0.500 bits per heavy atom. The topological polar surface area (TPSA) is 25.8 Å². The first kappa shape index (κ1) is 25.4. The molecule has 2 nitrogen and oxygen atoms in total. The maximum Gasteiger partial charge on any atom is 0.160 e. The number of para-hydroxylation sites is 1. The van der Waals surface area contributed by atoms with Crippen molar-refractivity contribution in [3.63, 3.8) is 0 Å². The van der Waals surface area contributed by atoms with Gasteiger partial charge in [-0.15, -0.1) is 0 Å². The molecular formula is C44H34N2. The zero-order valence-corrected chi connectivity index (χ0v) is 25.8. The number of hydrogen-bond acceptors (Lipinski definition) is 2. The van der Waals surface area contributed by atoms with Crippen LogP contribution >= 0.6 is 0 Å². The standard InChI is InChI=1S/C44H34N2/c1-3-11-33-28(8-1)10-7-14-36(33)42-37-13-5-6-15-40(37)45-43(46-42)30-17-19-39-38(25-30)35-18-16-29-9-2-4-12-34(29)41(35)44(39)31-21-26-20-27(23-31)24-32(44)22-26/h1-19,25-27,31-32H,20-24H2. The summed E-state index contributed by atoms with van der Waals surface area (Å²) in [4.78, 5) is 10.6. The molecule has 1 spiro atoms. The van der Waals surface area contributed by atoms with Crippen LogP contribution < -0.4 is 0 Å². The number of fused-ring (bicyclic) bond motifs is 7. The molecule has 220 valence electrons. The van der Waals surface area contributed by atoms with Gasteiger partial charge in [0.15, 0.2) is 5.82 Å². The van der Waals surface area contributed by atoms with E-state index in [0.29, 0.717) is 0 Å². The molecule has 0 amide bonds. The Kier molecular flexibility index (Phi) is 5.04. The van der Waals surface area contributed by atoms with Crippen molar-refractivity contribution in [1.82, 2.24) is 9.97 Å². The summed E-state index contributed by atoms with van der Waals surface area (Å²) in [7, 11) is 0. The fourth-order valence-electron chi connectivity index (χ4n) is 11.0. The molecule has 0 atom stereocenters. The molecule has 1 aromatic heterocycles. The van der Waals surface area contributed by atoms with Gasteiger partial charge in [0.2, 0.25) is 0 Å². The van der Waals surface area contributed by atoms with Crippen LogP contribution in [0.25, 0.3) is 66.2 Å². The predicted octanol–water partition coefficient (Wildman–Crippen LogP) is 11.0. The predicted molar refractivity (Wildman–Crippen MR) is 189 cm³/mol. The molecule has 0 unspecified atom stereocenters. The Labute approximate surface area is 269 Å². The molecule has 5 aliphatic rings. The second-order valence-corrected chi connectivity index (χ2v) is 14.6. The van der Waals surface area contributed by atoms with Crippen LogP contribution in [0, 0.1) is 23.7 Å². The molecule has 5 aliphatic carbocycles. The molecule has 4 bridgehead atoms. The molecule has 46 heavy (non-hydrogen) atoms. The molecule has 4 saturated carbocycles. The molecule has 2 heteroatoms. The number of nitrogens with zero attached hydrogens (tertiary/aromatic N) is 2. The summed E-state index contributed by atoms with van der Waals surface area (Å²) in [5, 5.41) is 6.38. The first-order valence-corrected chi connectivity index (χ1v) is 17.2. The quantitative estimate of drug-likeness (QED) is 0.200. The summed E-state index contributed by atoms with van der Waals surface area (Å²) in [5.41, 5.74) is 10.4. The van der Waals surface area contributed by atoms with Gasteiger partial charge in [0.1, 0.15) is 0 Å². The van der Waals surface area contributed by atoms with Gasteiger partial charge in [-0.3, -0.25) is 0 Å². The second kappa shape index (κ2) is 9.13. The van der Waals surface area contributed by atoms with Gasteiger partial charge in [0.25, 0.3) is 0 Å². The lowest BCUT2D eigenvalue weighted by atomic mass is 9.43. The van der Waals surface area contributed by atoms with E-state index in [1.807, 2.05) is 0 Å². The Bertz CT molecular complexity index is 2370. The van der Waals surface area contributed by atoms with Crippen molar-refractivity contribution in [3.05, 3.63) is 132 Å². The number of rotatable bonds is 2. The van der Waals surface area contributed by atoms with Gasteiger partial charge in [0, 0.05) is 21.9 Å². The van der Waals surface area contributed by atoms with Gasteiger partial charge in [-0.1, -0.05) is 109 Å². The smallest absolute Gasteiger partial charge is 0.160 e. The molecule has 12 rings (SSSR count). The number of hydrogen-bond donors (Lipinski definition) is 0. The van der Waals surface area contributed by atoms with E-state index in [2.05, 4.69) is 121 Å². The Balaban J connectivity index is 1.16. The van der Waals surface area contributed by atoms with Gasteiger partial charge in [-0.25, -0.2) is 9.97 Å². The zero-order chi connectivity index (χ0) is 30.0.